The molecule has 0 bridgehead atoms. The van der Waals surface area contributed by atoms with E-state index in [4.69, 9.17) is 4.74 Å². The molecule has 4 nitrogen and oxygen atoms in total. The number of carbonyl (C=O) groups excluding carboxylic acids is 1. The number of benzene rings is 1. The van der Waals surface area contributed by atoms with Gasteiger partial charge in [0.2, 0.25) is 11.8 Å². The molecule has 2 aliphatic rings. The van der Waals surface area contributed by atoms with Gasteiger partial charge in [0, 0.05) is 13.0 Å². The largest absolute Gasteiger partial charge is 0.483 e. The first kappa shape index (κ1) is 11.3. The third-order valence-electron chi connectivity index (χ3n) is 3.70. The number of ether oxygens (including phenoxy) is 1. The van der Waals surface area contributed by atoms with Crippen LogP contribution in [-0.2, 0) is 22.5 Å². The van der Waals surface area contributed by atoms with Gasteiger partial charge < -0.3 is 9.64 Å². The molecule has 0 aromatic heterocycles. The lowest BCUT2D eigenvalue weighted by Crippen LogP contribution is -2.55. The SMILES string of the molecule is COC1=N[C@@H](C)C(=O)N2Cc3ccccc3C[C@@H]12. The van der Waals surface area contributed by atoms with Crippen LogP contribution in [-0.4, -0.2) is 35.9 Å². The summed E-state index contributed by atoms with van der Waals surface area (Å²) in [6.07, 6.45) is 0.793. The number of fused-ring (bicyclic) bond motifs is 2. The molecule has 0 saturated heterocycles. The maximum Gasteiger partial charge on any atom is 0.248 e. The van der Waals surface area contributed by atoms with E-state index in [1.807, 2.05) is 24.0 Å². The topological polar surface area (TPSA) is 41.9 Å². The van der Waals surface area contributed by atoms with E-state index in [1.165, 1.54) is 11.1 Å². The Kier molecular flexibility index (Phi) is 2.58. The van der Waals surface area contributed by atoms with Crippen LogP contribution in [0, 0.1) is 0 Å². The monoisotopic (exact) mass is 244 g/mol. The average Bonchev–Trinajstić information content (AvgIpc) is 2.41. The van der Waals surface area contributed by atoms with E-state index in [0.29, 0.717) is 12.4 Å². The summed E-state index contributed by atoms with van der Waals surface area (Å²) in [7, 11) is 1.63. The van der Waals surface area contributed by atoms with Gasteiger partial charge in [-0.3, -0.25) is 4.79 Å². The third kappa shape index (κ3) is 1.60. The lowest BCUT2D eigenvalue weighted by molar-refractivity contribution is -0.135. The highest BCUT2D eigenvalue weighted by Gasteiger charge is 2.39. The van der Waals surface area contributed by atoms with Crippen molar-refractivity contribution in [2.45, 2.75) is 32.0 Å². The quantitative estimate of drug-likeness (QED) is 0.692. The number of amides is 1. The van der Waals surface area contributed by atoms with Gasteiger partial charge in [-0.2, -0.15) is 0 Å². The molecule has 4 heteroatoms. The molecule has 0 radical (unpaired) electrons. The van der Waals surface area contributed by atoms with Crippen LogP contribution >= 0.6 is 0 Å². The van der Waals surface area contributed by atoms with Crippen LogP contribution in [0.3, 0.4) is 0 Å². The van der Waals surface area contributed by atoms with Crippen LogP contribution in [0.15, 0.2) is 29.3 Å². The molecular weight excluding hydrogens is 228 g/mol. The molecule has 2 atom stereocenters. The van der Waals surface area contributed by atoms with Crippen molar-refractivity contribution >= 4 is 11.8 Å². The first-order valence-corrected chi connectivity index (χ1v) is 6.19. The van der Waals surface area contributed by atoms with Crippen LogP contribution in [0.2, 0.25) is 0 Å². The Bertz CT molecular complexity index is 524. The minimum Gasteiger partial charge on any atom is -0.483 e. The zero-order valence-electron chi connectivity index (χ0n) is 10.6. The van der Waals surface area contributed by atoms with E-state index in [-0.39, 0.29) is 18.0 Å². The van der Waals surface area contributed by atoms with Crippen molar-refractivity contribution in [3.05, 3.63) is 35.4 Å². The maximum atomic E-state index is 12.2. The minimum absolute atomic E-state index is 0.0337. The minimum atomic E-state index is -0.332. The Balaban J connectivity index is 2.02. The highest BCUT2D eigenvalue weighted by atomic mass is 16.5. The van der Waals surface area contributed by atoms with Gasteiger partial charge in [-0.25, -0.2) is 4.99 Å². The molecular formula is C14H16N2O2. The maximum absolute atomic E-state index is 12.2. The number of hydrogen-bond donors (Lipinski definition) is 0. The summed E-state index contributed by atoms with van der Waals surface area (Å²) >= 11 is 0. The highest BCUT2D eigenvalue weighted by molar-refractivity contribution is 5.95. The van der Waals surface area contributed by atoms with Crippen LogP contribution in [0.1, 0.15) is 18.1 Å². The Morgan fingerprint density at radius 3 is 2.78 bits per heavy atom. The van der Waals surface area contributed by atoms with Crippen LogP contribution in [0.4, 0.5) is 0 Å². The molecule has 0 aliphatic carbocycles. The number of nitrogens with zero attached hydrogens (tertiary/aromatic N) is 2. The molecule has 94 valence electrons. The van der Waals surface area contributed by atoms with Gasteiger partial charge in [0.05, 0.1) is 7.11 Å². The van der Waals surface area contributed by atoms with Gasteiger partial charge in [-0.1, -0.05) is 24.3 Å². The molecule has 1 amide bonds. The smallest absolute Gasteiger partial charge is 0.248 e. The lowest BCUT2D eigenvalue weighted by atomic mass is 9.92. The van der Waals surface area contributed by atoms with E-state index < -0.39 is 0 Å². The number of carbonyl (C=O) groups is 1. The van der Waals surface area contributed by atoms with Crippen molar-refractivity contribution in [1.29, 1.82) is 0 Å². The van der Waals surface area contributed by atoms with E-state index in [2.05, 4.69) is 17.1 Å². The number of methoxy groups -OCH3 is 1. The standard InChI is InChI=1S/C14H16N2O2/c1-9-14(17)16-8-11-6-4-3-5-10(11)7-12(16)13(15-9)18-2/h3-6,9,12H,7-8H2,1-2H3/t9-,12-/m0/s1. The summed E-state index contributed by atoms with van der Waals surface area (Å²) in [5, 5.41) is 0. The molecule has 0 saturated carbocycles. The second-order valence-corrected chi connectivity index (χ2v) is 4.80. The normalized spacial score (nSPS) is 26.2. The van der Waals surface area contributed by atoms with E-state index in [9.17, 15) is 4.79 Å². The summed E-state index contributed by atoms with van der Waals surface area (Å²) in [4.78, 5) is 18.4. The molecule has 0 N–H and O–H groups in total. The lowest BCUT2D eigenvalue weighted by Gasteiger charge is -2.40. The molecule has 18 heavy (non-hydrogen) atoms. The summed E-state index contributed by atoms with van der Waals surface area (Å²) in [5.74, 6) is 0.770. The van der Waals surface area contributed by atoms with Crippen LogP contribution < -0.4 is 0 Å². The van der Waals surface area contributed by atoms with Crippen molar-refractivity contribution in [3.8, 4) is 0 Å². The second kappa shape index (κ2) is 4.12. The van der Waals surface area contributed by atoms with E-state index in [1.54, 1.807) is 7.11 Å². The van der Waals surface area contributed by atoms with Gasteiger partial charge in [-0.05, 0) is 18.1 Å². The highest BCUT2D eigenvalue weighted by Crippen LogP contribution is 2.27. The summed E-state index contributed by atoms with van der Waals surface area (Å²) in [5.41, 5.74) is 2.51. The van der Waals surface area contributed by atoms with Gasteiger partial charge in [0.25, 0.3) is 0 Å². The van der Waals surface area contributed by atoms with E-state index >= 15 is 0 Å². The third-order valence-corrected chi connectivity index (χ3v) is 3.70. The molecule has 0 fully saturated rings. The molecule has 0 spiro atoms. The van der Waals surface area contributed by atoms with Crippen molar-refractivity contribution in [2.24, 2.45) is 4.99 Å². The van der Waals surface area contributed by atoms with E-state index in [0.717, 1.165) is 6.42 Å². The molecule has 1 aromatic rings. The second-order valence-electron chi connectivity index (χ2n) is 4.80. The van der Waals surface area contributed by atoms with Gasteiger partial charge in [0.1, 0.15) is 12.1 Å². The van der Waals surface area contributed by atoms with Gasteiger partial charge in [0.15, 0.2) is 0 Å². The fourth-order valence-electron chi connectivity index (χ4n) is 2.74. The van der Waals surface area contributed by atoms with Gasteiger partial charge in [-0.15, -0.1) is 0 Å². The Labute approximate surface area is 106 Å². The van der Waals surface area contributed by atoms with Crippen LogP contribution in [0.25, 0.3) is 0 Å². The predicted octanol–water partition coefficient (Wildman–Crippen LogP) is 1.39. The van der Waals surface area contributed by atoms with Crippen molar-refractivity contribution in [3.63, 3.8) is 0 Å². The molecule has 2 aliphatic heterocycles. The van der Waals surface area contributed by atoms with Crippen molar-refractivity contribution in [2.75, 3.05) is 7.11 Å². The Morgan fingerprint density at radius 2 is 2.06 bits per heavy atom. The summed E-state index contributed by atoms with van der Waals surface area (Å²) in [6, 6.07) is 7.88. The molecule has 2 heterocycles. The number of aliphatic imine (C=N–C) groups is 1. The Morgan fingerprint density at radius 1 is 1.33 bits per heavy atom. The zero-order chi connectivity index (χ0) is 12.7. The fourth-order valence-corrected chi connectivity index (χ4v) is 2.74. The first-order chi connectivity index (χ1) is 8.70. The molecule has 1 aromatic carbocycles. The fraction of sp³-hybridized carbons (Fsp3) is 0.429. The van der Waals surface area contributed by atoms with Gasteiger partial charge >= 0.3 is 0 Å². The number of rotatable bonds is 0. The van der Waals surface area contributed by atoms with Crippen molar-refractivity contribution < 1.29 is 9.53 Å². The Hall–Kier alpha value is -1.84. The predicted molar refractivity (Wildman–Crippen MR) is 68.4 cm³/mol. The molecule has 0 unspecified atom stereocenters. The summed E-state index contributed by atoms with van der Waals surface area (Å²) < 4.78 is 5.35. The first-order valence-electron chi connectivity index (χ1n) is 6.19. The molecule has 3 rings (SSSR count). The van der Waals surface area contributed by atoms with Crippen molar-refractivity contribution in [1.82, 2.24) is 4.90 Å². The van der Waals surface area contributed by atoms with Crippen LogP contribution in [0.5, 0.6) is 0 Å². The zero-order valence-corrected chi connectivity index (χ0v) is 10.6. The number of hydrogen-bond acceptors (Lipinski definition) is 3. The average molecular weight is 244 g/mol. The summed E-state index contributed by atoms with van der Waals surface area (Å²) in [6.45, 7) is 2.48.